The van der Waals surface area contributed by atoms with Crippen LogP contribution in [0.1, 0.15) is 51.1 Å². The van der Waals surface area contributed by atoms with Gasteiger partial charge >= 0.3 is 0 Å². The lowest BCUT2D eigenvalue weighted by Crippen LogP contribution is -2.41. The Morgan fingerprint density at radius 3 is 2.95 bits per heavy atom. The molecule has 0 N–H and O–H groups in total. The minimum Gasteiger partial charge on any atom is -0.476 e. The highest BCUT2D eigenvalue weighted by Crippen LogP contribution is 2.40. The third-order valence-electron chi connectivity index (χ3n) is 3.75. The van der Waals surface area contributed by atoms with Crippen LogP contribution in [0.25, 0.3) is 0 Å². The molecule has 114 valence electrons. The van der Waals surface area contributed by atoms with E-state index >= 15 is 0 Å². The highest BCUT2D eigenvalue weighted by Gasteiger charge is 2.39. The minimum atomic E-state index is -0.432. The first-order chi connectivity index (χ1) is 9.65. The monoisotopic (exact) mass is 317 g/mol. The summed E-state index contributed by atoms with van der Waals surface area (Å²) < 4.78 is 14.5. The van der Waals surface area contributed by atoms with Gasteiger partial charge in [-0.3, -0.25) is 0 Å². The van der Waals surface area contributed by atoms with Gasteiger partial charge in [-0.2, -0.15) is 4.37 Å². The summed E-state index contributed by atoms with van der Waals surface area (Å²) in [7, 11) is 2.10. The van der Waals surface area contributed by atoms with Gasteiger partial charge in [0, 0.05) is 6.54 Å². The number of aromatic nitrogens is 2. The molecule has 0 bridgehead atoms. The quantitative estimate of drug-likeness (QED) is 0.568. The number of hydrogen-bond acceptors (Lipinski definition) is 5. The van der Waals surface area contributed by atoms with Gasteiger partial charge in [-0.1, -0.05) is 26.2 Å². The predicted octanol–water partition coefficient (Wildman–Crippen LogP) is 3.66. The summed E-state index contributed by atoms with van der Waals surface area (Å²) in [6.45, 7) is 4.83. The summed E-state index contributed by atoms with van der Waals surface area (Å²) in [6.07, 6.45) is 6.80. The van der Waals surface area contributed by atoms with Crippen LogP contribution in [0, 0.1) is 0 Å². The number of alkyl halides is 1. The van der Waals surface area contributed by atoms with Crippen molar-refractivity contribution >= 4 is 23.3 Å². The normalized spacial score (nSPS) is 23.9. The number of rotatable bonds is 7. The van der Waals surface area contributed by atoms with E-state index in [1.54, 1.807) is 0 Å². The van der Waals surface area contributed by atoms with E-state index in [0.29, 0.717) is 12.5 Å². The fourth-order valence-electron chi connectivity index (χ4n) is 2.65. The van der Waals surface area contributed by atoms with Gasteiger partial charge in [0.05, 0.1) is 18.3 Å². The van der Waals surface area contributed by atoms with Gasteiger partial charge in [-0.25, -0.2) is 0 Å². The number of hydrogen-bond donors (Lipinski definition) is 0. The molecule has 1 aliphatic heterocycles. The third-order valence-corrected chi connectivity index (χ3v) is 4.75. The molecule has 0 spiro atoms. The van der Waals surface area contributed by atoms with Crippen molar-refractivity contribution in [2.75, 3.05) is 26.7 Å². The lowest BCUT2D eigenvalue weighted by Gasteiger charge is -2.35. The van der Waals surface area contributed by atoms with Gasteiger partial charge in [0.15, 0.2) is 0 Å². The van der Waals surface area contributed by atoms with Crippen LogP contribution in [0.5, 0.6) is 5.88 Å². The summed E-state index contributed by atoms with van der Waals surface area (Å²) in [4.78, 5) is 1.82. The van der Waals surface area contributed by atoms with E-state index < -0.39 is 4.87 Å². The molecule has 4 nitrogen and oxygen atoms in total. The summed E-state index contributed by atoms with van der Waals surface area (Å²) in [5.41, 5.74) is 0.839. The third kappa shape index (κ3) is 4.06. The van der Waals surface area contributed by atoms with E-state index in [2.05, 4.69) is 27.6 Å². The maximum atomic E-state index is 6.79. The average Bonchev–Trinajstić information content (AvgIpc) is 2.87. The van der Waals surface area contributed by atoms with Crippen LogP contribution in [0.4, 0.5) is 0 Å². The molecule has 0 aliphatic carbocycles. The molecule has 1 aromatic rings. The molecule has 1 aliphatic rings. The first-order valence-electron chi connectivity index (χ1n) is 7.49. The van der Waals surface area contributed by atoms with E-state index in [4.69, 9.17) is 16.3 Å². The molecule has 6 heteroatoms. The lowest BCUT2D eigenvalue weighted by molar-refractivity contribution is 0.218. The van der Waals surface area contributed by atoms with Gasteiger partial charge in [-0.15, -0.1) is 16.0 Å². The number of likely N-dealkylation sites (tertiary alicyclic amines) is 1. The summed E-state index contributed by atoms with van der Waals surface area (Å²) in [6, 6.07) is 0. The molecule has 0 radical (unpaired) electrons. The highest BCUT2D eigenvalue weighted by molar-refractivity contribution is 6.99. The zero-order valence-electron chi connectivity index (χ0n) is 12.4. The fraction of sp³-hybridized carbons (Fsp3) is 0.857. The Kier molecular flexibility index (Phi) is 6.05. The van der Waals surface area contributed by atoms with Crippen LogP contribution >= 0.6 is 23.3 Å². The van der Waals surface area contributed by atoms with Crippen LogP contribution in [0.2, 0.25) is 0 Å². The summed E-state index contributed by atoms with van der Waals surface area (Å²) >= 11 is 7.99. The Morgan fingerprint density at radius 1 is 1.35 bits per heavy atom. The molecule has 1 atom stereocenters. The Balaban J connectivity index is 1.93. The second kappa shape index (κ2) is 7.57. The summed E-state index contributed by atoms with van der Waals surface area (Å²) in [5.74, 6) is 0.650. The SMILES string of the molecule is CCCCCCOc1nsnc1C1(Cl)CCCN(C)C1. The molecular weight excluding hydrogens is 294 g/mol. The molecule has 0 saturated carbocycles. The predicted molar refractivity (Wildman–Crippen MR) is 83.8 cm³/mol. The molecule has 2 heterocycles. The van der Waals surface area contributed by atoms with Gasteiger partial charge in [0.2, 0.25) is 0 Å². The van der Waals surface area contributed by atoms with E-state index in [9.17, 15) is 0 Å². The van der Waals surface area contributed by atoms with E-state index in [-0.39, 0.29) is 0 Å². The van der Waals surface area contributed by atoms with Crippen LogP contribution < -0.4 is 4.74 Å². The molecule has 1 aromatic heterocycles. The van der Waals surface area contributed by atoms with Crippen molar-refractivity contribution in [2.24, 2.45) is 0 Å². The topological polar surface area (TPSA) is 38.3 Å². The van der Waals surface area contributed by atoms with Crippen molar-refractivity contribution in [3.8, 4) is 5.88 Å². The largest absolute Gasteiger partial charge is 0.476 e. The van der Waals surface area contributed by atoms with Gasteiger partial charge < -0.3 is 9.64 Å². The molecule has 0 amide bonds. The molecule has 1 unspecified atom stereocenters. The van der Waals surface area contributed by atoms with Gasteiger partial charge in [-0.05, 0) is 32.9 Å². The Hall–Kier alpha value is -0.390. The number of likely N-dealkylation sites (N-methyl/N-ethyl adjacent to an activating group) is 1. The Bertz CT molecular complexity index is 415. The fourth-order valence-corrected chi connectivity index (χ4v) is 3.75. The van der Waals surface area contributed by atoms with Crippen molar-refractivity contribution in [2.45, 2.75) is 50.3 Å². The number of ether oxygens (including phenoxy) is 1. The molecular formula is C14H24ClN3OS. The molecule has 2 rings (SSSR count). The first kappa shape index (κ1) is 16.0. The first-order valence-corrected chi connectivity index (χ1v) is 8.60. The molecule has 20 heavy (non-hydrogen) atoms. The lowest BCUT2D eigenvalue weighted by atomic mass is 9.94. The zero-order chi connectivity index (χ0) is 14.4. The average molecular weight is 318 g/mol. The number of halogens is 1. The molecule has 1 saturated heterocycles. The van der Waals surface area contributed by atoms with E-state index in [1.807, 2.05) is 0 Å². The van der Waals surface area contributed by atoms with Crippen molar-refractivity contribution in [1.29, 1.82) is 0 Å². The van der Waals surface area contributed by atoms with Crippen LogP contribution in [-0.4, -0.2) is 40.4 Å². The van der Waals surface area contributed by atoms with Crippen LogP contribution in [0.15, 0.2) is 0 Å². The van der Waals surface area contributed by atoms with Crippen molar-refractivity contribution in [1.82, 2.24) is 13.6 Å². The summed E-state index contributed by atoms with van der Waals surface area (Å²) in [5, 5.41) is 0. The molecule has 0 aromatic carbocycles. The second-order valence-electron chi connectivity index (χ2n) is 5.63. The highest BCUT2D eigenvalue weighted by atomic mass is 35.5. The van der Waals surface area contributed by atoms with Gasteiger partial charge in [0.25, 0.3) is 5.88 Å². The van der Waals surface area contributed by atoms with E-state index in [0.717, 1.165) is 38.0 Å². The maximum Gasteiger partial charge on any atom is 0.250 e. The molecule has 1 fully saturated rings. The number of piperidine rings is 1. The second-order valence-corrected chi connectivity index (χ2v) is 6.89. The Labute approximate surface area is 130 Å². The number of nitrogens with zero attached hydrogens (tertiary/aromatic N) is 3. The van der Waals surface area contributed by atoms with Crippen molar-refractivity contribution in [3.63, 3.8) is 0 Å². The number of unbranched alkanes of at least 4 members (excludes halogenated alkanes) is 3. The Morgan fingerprint density at radius 2 is 2.20 bits per heavy atom. The minimum absolute atomic E-state index is 0.432. The van der Waals surface area contributed by atoms with Crippen molar-refractivity contribution in [3.05, 3.63) is 5.69 Å². The smallest absolute Gasteiger partial charge is 0.250 e. The maximum absolute atomic E-state index is 6.79. The van der Waals surface area contributed by atoms with Crippen molar-refractivity contribution < 1.29 is 4.74 Å². The van der Waals surface area contributed by atoms with Crippen LogP contribution in [-0.2, 0) is 4.87 Å². The van der Waals surface area contributed by atoms with Gasteiger partial charge in [0.1, 0.15) is 10.6 Å². The standard InChI is InChI=1S/C14H24ClN3OS/c1-3-4-5-6-10-19-13-12(16-20-17-13)14(15)8-7-9-18(2)11-14/h3-11H2,1-2H3. The van der Waals surface area contributed by atoms with Crippen LogP contribution in [0.3, 0.4) is 0 Å². The van der Waals surface area contributed by atoms with E-state index in [1.165, 1.54) is 31.0 Å². The zero-order valence-corrected chi connectivity index (χ0v) is 14.0.